The highest BCUT2D eigenvalue weighted by molar-refractivity contribution is 6.62. The van der Waals surface area contributed by atoms with E-state index in [1.54, 1.807) is 24.3 Å². The first-order valence-corrected chi connectivity index (χ1v) is 8.92. The number of amides is 2. The van der Waals surface area contributed by atoms with Gasteiger partial charge in [0.25, 0.3) is 0 Å². The van der Waals surface area contributed by atoms with Gasteiger partial charge >= 0.3 is 13.1 Å². The van der Waals surface area contributed by atoms with E-state index in [1.165, 1.54) is 6.07 Å². The Kier molecular flexibility index (Phi) is 5.26. The Morgan fingerprint density at radius 2 is 1.67 bits per heavy atom. The lowest BCUT2D eigenvalue weighted by Gasteiger charge is -2.32. The number of anilines is 1. The number of halogens is 1. The number of carbonyl (C=O) groups excluding carboxylic acids is 1. The molecule has 1 fully saturated rings. The van der Waals surface area contributed by atoms with Gasteiger partial charge in [-0.15, -0.1) is 0 Å². The minimum Gasteiger partial charge on any atom is -0.399 e. The van der Waals surface area contributed by atoms with E-state index in [1.807, 2.05) is 45.9 Å². The summed E-state index contributed by atoms with van der Waals surface area (Å²) in [6, 6.07) is 13.5. The Morgan fingerprint density at radius 3 is 2.26 bits per heavy atom. The maximum absolute atomic E-state index is 14.5. The Labute approximate surface area is 159 Å². The normalized spacial score (nSPS) is 17.6. The van der Waals surface area contributed by atoms with Crippen molar-refractivity contribution in [2.24, 2.45) is 0 Å². The van der Waals surface area contributed by atoms with Gasteiger partial charge in [0.05, 0.1) is 11.2 Å². The summed E-state index contributed by atoms with van der Waals surface area (Å²) in [5.41, 5.74) is 0.710. The molecule has 5 nitrogen and oxygen atoms in total. The molecule has 2 N–H and O–H groups in total. The van der Waals surface area contributed by atoms with Crippen molar-refractivity contribution in [2.75, 3.05) is 5.32 Å². The molecule has 1 aliphatic heterocycles. The van der Waals surface area contributed by atoms with Crippen LogP contribution in [-0.2, 0) is 15.9 Å². The monoisotopic (exact) mass is 370 g/mol. The van der Waals surface area contributed by atoms with E-state index in [0.29, 0.717) is 16.7 Å². The zero-order chi connectivity index (χ0) is 19.7. The number of para-hydroxylation sites is 1. The number of nitrogens with one attached hydrogen (secondary N) is 2. The van der Waals surface area contributed by atoms with E-state index < -0.39 is 30.2 Å². The molecule has 0 radical (unpaired) electrons. The molecule has 142 valence electrons. The summed E-state index contributed by atoms with van der Waals surface area (Å²) in [7, 11) is -0.618. The first kappa shape index (κ1) is 19.4. The first-order valence-electron chi connectivity index (χ1n) is 8.92. The molecule has 2 aromatic carbocycles. The number of urea groups is 1. The summed E-state index contributed by atoms with van der Waals surface area (Å²) >= 11 is 0. The highest BCUT2D eigenvalue weighted by atomic mass is 19.1. The van der Waals surface area contributed by atoms with Gasteiger partial charge < -0.3 is 19.9 Å². The maximum atomic E-state index is 14.5. The zero-order valence-electron chi connectivity index (χ0n) is 16.0. The van der Waals surface area contributed by atoms with Crippen LogP contribution in [0.2, 0.25) is 0 Å². The van der Waals surface area contributed by atoms with Crippen molar-refractivity contribution in [1.82, 2.24) is 5.32 Å². The minimum atomic E-state index is -0.618. The van der Waals surface area contributed by atoms with Crippen LogP contribution in [0.5, 0.6) is 0 Å². The number of benzene rings is 2. The molecule has 0 unspecified atom stereocenters. The van der Waals surface area contributed by atoms with Gasteiger partial charge in [0.1, 0.15) is 5.82 Å². The molecular weight excluding hydrogens is 346 g/mol. The molecular formula is C20H24BFN2O3. The van der Waals surface area contributed by atoms with Gasteiger partial charge in [0.15, 0.2) is 0 Å². The molecule has 0 spiro atoms. The second kappa shape index (κ2) is 7.33. The third-order valence-corrected chi connectivity index (χ3v) is 5.07. The Bertz CT molecular complexity index is 811. The number of carbonyl (C=O) groups is 1. The van der Waals surface area contributed by atoms with E-state index in [9.17, 15) is 9.18 Å². The molecule has 0 bridgehead atoms. The van der Waals surface area contributed by atoms with Crippen molar-refractivity contribution in [3.05, 3.63) is 59.9 Å². The largest absolute Gasteiger partial charge is 0.494 e. The predicted octanol–water partition coefficient (Wildman–Crippen LogP) is 3.45. The molecule has 7 heteroatoms. The Morgan fingerprint density at radius 1 is 1.04 bits per heavy atom. The quantitative estimate of drug-likeness (QED) is 0.811. The van der Waals surface area contributed by atoms with Crippen molar-refractivity contribution in [3.63, 3.8) is 0 Å². The van der Waals surface area contributed by atoms with Crippen LogP contribution in [0.3, 0.4) is 0 Å². The van der Waals surface area contributed by atoms with E-state index in [4.69, 9.17) is 9.31 Å². The Hall–Kier alpha value is -2.38. The lowest BCUT2D eigenvalue weighted by Crippen LogP contribution is -2.41. The second-order valence-corrected chi connectivity index (χ2v) is 7.61. The van der Waals surface area contributed by atoms with Gasteiger partial charge in [-0.3, -0.25) is 0 Å². The van der Waals surface area contributed by atoms with Crippen molar-refractivity contribution < 1.29 is 18.5 Å². The summed E-state index contributed by atoms with van der Waals surface area (Å²) < 4.78 is 26.4. The third kappa shape index (κ3) is 4.31. The fourth-order valence-electron chi connectivity index (χ4n) is 2.70. The van der Waals surface area contributed by atoms with Crippen molar-refractivity contribution in [3.8, 4) is 0 Å². The third-order valence-electron chi connectivity index (χ3n) is 5.07. The smallest absolute Gasteiger partial charge is 0.399 e. The van der Waals surface area contributed by atoms with E-state index in [0.717, 1.165) is 0 Å². The number of hydrogen-bond acceptors (Lipinski definition) is 3. The molecule has 2 aromatic rings. The molecule has 1 heterocycles. The molecule has 1 aliphatic rings. The van der Waals surface area contributed by atoms with Crippen molar-refractivity contribution >= 4 is 24.3 Å². The highest BCUT2D eigenvalue weighted by Crippen LogP contribution is 2.36. The SMILES string of the molecule is CC1(C)OB(c2ccc(CNC(=O)Nc3ccccc3)c(F)c2)OC1(C)C. The summed E-state index contributed by atoms with van der Waals surface area (Å²) in [6.45, 7) is 7.88. The van der Waals surface area contributed by atoms with Gasteiger partial charge in [-0.25, -0.2) is 9.18 Å². The van der Waals surface area contributed by atoms with Gasteiger partial charge in [-0.05, 0) is 51.4 Å². The molecule has 0 aromatic heterocycles. The lowest BCUT2D eigenvalue weighted by molar-refractivity contribution is 0.00578. The molecule has 27 heavy (non-hydrogen) atoms. The van der Waals surface area contributed by atoms with Crippen LogP contribution < -0.4 is 16.1 Å². The first-order chi connectivity index (χ1) is 12.7. The maximum Gasteiger partial charge on any atom is 0.494 e. The molecule has 0 aliphatic carbocycles. The Balaban J connectivity index is 1.61. The highest BCUT2D eigenvalue weighted by Gasteiger charge is 2.51. The van der Waals surface area contributed by atoms with Crippen LogP contribution in [-0.4, -0.2) is 24.4 Å². The van der Waals surface area contributed by atoms with Crippen LogP contribution in [0.1, 0.15) is 33.3 Å². The van der Waals surface area contributed by atoms with Crippen LogP contribution >= 0.6 is 0 Å². The minimum absolute atomic E-state index is 0.0775. The molecule has 3 rings (SSSR count). The average Bonchev–Trinajstić information content (AvgIpc) is 2.82. The summed E-state index contributed by atoms with van der Waals surface area (Å²) in [5, 5.41) is 5.34. The van der Waals surface area contributed by atoms with E-state index in [2.05, 4.69) is 10.6 Å². The lowest BCUT2D eigenvalue weighted by atomic mass is 9.78. The van der Waals surface area contributed by atoms with Crippen LogP contribution in [0.15, 0.2) is 48.5 Å². The number of hydrogen-bond donors (Lipinski definition) is 2. The average molecular weight is 370 g/mol. The molecule has 2 amide bonds. The fourth-order valence-corrected chi connectivity index (χ4v) is 2.70. The van der Waals surface area contributed by atoms with E-state index in [-0.39, 0.29) is 6.54 Å². The van der Waals surface area contributed by atoms with E-state index >= 15 is 0 Å². The van der Waals surface area contributed by atoms with Gasteiger partial charge in [0, 0.05) is 17.8 Å². The predicted molar refractivity (Wildman–Crippen MR) is 104 cm³/mol. The standard InChI is InChI=1S/C20H24BFN2O3/c1-19(2)20(3,4)27-21(26-19)15-11-10-14(17(22)12-15)13-23-18(25)24-16-8-6-5-7-9-16/h5-12H,13H2,1-4H3,(H2,23,24,25). The zero-order valence-corrected chi connectivity index (χ0v) is 16.0. The van der Waals surface area contributed by atoms with Gasteiger partial charge in [-0.1, -0.05) is 30.3 Å². The topological polar surface area (TPSA) is 59.6 Å². The number of rotatable bonds is 4. The van der Waals surface area contributed by atoms with Crippen molar-refractivity contribution in [1.29, 1.82) is 0 Å². The molecule has 0 atom stereocenters. The van der Waals surface area contributed by atoms with Crippen molar-refractivity contribution in [2.45, 2.75) is 45.4 Å². The summed E-state index contributed by atoms with van der Waals surface area (Å²) in [6.07, 6.45) is 0. The van der Waals surface area contributed by atoms with Crippen LogP contribution in [0.25, 0.3) is 0 Å². The molecule has 0 saturated carbocycles. The van der Waals surface area contributed by atoms with Gasteiger partial charge in [0.2, 0.25) is 0 Å². The van der Waals surface area contributed by atoms with Gasteiger partial charge in [-0.2, -0.15) is 0 Å². The van der Waals surface area contributed by atoms with Crippen LogP contribution in [0, 0.1) is 5.82 Å². The summed E-state index contributed by atoms with van der Waals surface area (Å²) in [5.74, 6) is -0.415. The van der Waals surface area contributed by atoms with Crippen LogP contribution in [0.4, 0.5) is 14.9 Å². The molecule has 1 saturated heterocycles. The summed E-state index contributed by atoms with van der Waals surface area (Å²) in [4.78, 5) is 11.9. The second-order valence-electron chi connectivity index (χ2n) is 7.61. The fraction of sp³-hybridized carbons (Fsp3) is 0.350.